The van der Waals surface area contributed by atoms with Crippen LogP contribution in [0.3, 0.4) is 0 Å². The minimum Gasteiger partial charge on any atom is -0.478 e. The standard InChI is InChI=1S/C17H32O4/c1-4-5-6-7-8-9-10-11-12-15(18)16(19)13(2)14(3)17(20)21/h15-16,18-19H,4-12H2,1-3H3,(H,20,21). The highest BCUT2D eigenvalue weighted by Gasteiger charge is 2.20. The second-order valence-corrected chi connectivity index (χ2v) is 5.89. The van der Waals surface area contributed by atoms with Crippen LogP contribution in [0.15, 0.2) is 11.1 Å². The Morgan fingerprint density at radius 1 is 0.905 bits per heavy atom. The molecule has 4 heteroatoms. The molecular formula is C17H32O4. The summed E-state index contributed by atoms with van der Waals surface area (Å²) < 4.78 is 0. The first-order valence-electron chi connectivity index (χ1n) is 8.18. The van der Waals surface area contributed by atoms with Crippen molar-refractivity contribution < 1.29 is 20.1 Å². The van der Waals surface area contributed by atoms with E-state index in [2.05, 4.69) is 6.92 Å². The van der Waals surface area contributed by atoms with Crippen LogP contribution in [0.25, 0.3) is 0 Å². The van der Waals surface area contributed by atoms with Gasteiger partial charge in [0, 0.05) is 5.57 Å². The van der Waals surface area contributed by atoms with E-state index in [1.807, 2.05) is 0 Å². The average molecular weight is 300 g/mol. The SMILES string of the molecule is CCCCCCCCCCC(O)C(O)C(C)=C(C)C(=O)O. The lowest BCUT2D eigenvalue weighted by molar-refractivity contribution is -0.132. The van der Waals surface area contributed by atoms with Gasteiger partial charge in [0.05, 0.1) is 6.10 Å². The fraction of sp³-hybridized carbons (Fsp3) is 0.824. The number of aliphatic carboxylic acids is 1. The summed E-state index contributed by atoms with van der Waals surface area (Å²) in [6.45, 7) is 5.21. The number of aliphatic hydroxyl groups excluding tert-OH is 2. The van der Waals surface area contributed by atoms with Crippen molar-refractivity contribution in [2.75, 3.05) is 0 Å². The van der Waals surface area contributed by atoms with Gasteiger partial charge >= 0.3 is 5.97 Å². The van der Waals surface area contributed by atoms with Gasteiger partial charge < -0.3 is 15.3 Å². The van der Waals surface area contributed by atoms with Crippen LogP contribution in [0.2, 0.25) is 0 Å². The van der Waals surface area contributed by atoms with Crippen molar-refractivity contribution in [3.8, 4) is 0 Å². The summed E-state index contributed by atoms with van der Waals surface area (Å²) in [5.74, 6) is -1.05. The van der Waals surface area contributed by atoms with Gasteiger partial charge in [-0.2, -0.15) is 0 Å². The van der Waals surface area contributed by atoms with Crippen LogP contribution in [0.1, 0.15) is 78.6 Å². The zero-order chi connectivity index (χ0) is 16.3. The molecule has 0 radical (unpaired) electrons. The van der Waals surface area contributed by atoms with Crippen LogP contribution in [0.4, 0.5) is 0 Å². The third kappa shape index (κ3) is 8.89. The van der Waals surface area contributed by atoms with Crippen LogP contribution in [-0.4, -0.2) is 33.5 Å². The summed E-state index contributed by atoms with van der Waals surface area (Å²) in [6, 6.07) is 0. The molecule has 0 aromatic carbocycles. The molecule has 4 nitrogen and oxygen atoms in total. The van der Waals surface area contributed by atoms with Gasteiger partial charge in [-0.25, -0.2) is 4.79 Å². The first-order valence-corrected chi connectivity index (χ1v) is 8.18. The molecule has 0 aromatic rings. The minimum atomic E-state index is -1.08. The second kappa shape index (κ2) is 11.8. The summed E-state index contributed by atoms with van der Waals surface area (Å²) in [4.78, 5) is 10.8. The number of carboxylic acids is 1. The van der Waals surface area contributed by atoms with Crippen LogP contribution < -0.4 is 0 Å². The van der Waals surface area contributed by atoms with E-state index >= 15 is 0 Å². The van der Waals surface area contributed by atoms with Crippen LogP contribution in [-0.2, 0) is 4.79 Å². The Kier molecular flexibility index (Phi) is 11.3. The maximum atomic E-state index is 10.8. The quantitative estimate of drug-likeness (QED) is 0.380. The molecule has 0 amide bonds. The smallest absolute Gasteiger partial charge is 0.331 e. The average Bonchev–Trinajstić information content (AvgIpc) is 2.47. The van der Waals surface area contributed by atoms with Crippen LogP contribution in [0.5, 0.6) is 0 Å². The van der Waals surface area contributed by atoms with Gasteiger partial charge in [0.15, 0.2) is 0 Å². The highest BCUT2D eigenvalue weighted by Crippen LogP contribution is 2.17. The first kappa shape index (κ1) is 20.1. The summed E-state index contributed by atoms with van der Waals surface area (Å²) in [7, 11) is 0. The Hall–Kier alpha value is -0.870. The van der Waals surface area contributed by atoms with Gasteiger partial charge in [-0.15, -0.1) is 0 Å². The Balaban J connectivity index is 3.86. The molecule has 0 aromatic heterocycles. The topological polar surface area (TPSA) is 77.8 Å². The van der Waals surface area contributed by atoms with Crippen molar-refractivity contribution in [2.24, 2.45) is 0 Å². The monoisotopic (exact) mass is 300 g/mol. The third-order valence-corrected chi connectivity index (χ3v) is 4.07. The van der Waals surface area contributed by atoms with E-state index in [4.69, 9.17) is 5.11 Å². The molecule has 0 aliphatic rings. The maximum Gasteiger partial charge on any atom is 0.331 e. The third-order valence-electron chi connectivity index (χ3n) is 4.07. The summed E-state index contributed by atoms with van der Waals surface area (Å²) in [5.41, 5.74) is 0.451. The molecule has 2 atom stereocenters. The normalized spacial score (nSPS) is 15.5. The molecule has 0 saturated carbocycles. The number of hydrogen-bond acceptors (Lipinski definition) is 3. The number of carboxylic acid groups (broad SMARTS) is 1. The van der Waals surface area contributed by atoms with Gasteiger partial charge in [0.1, 0.15) is 6.10 Å². The Labute approximate surface area is 128 Å². The molecule has 124 valence electrons. The largest absolute Gasteiger partial charge is 0.478 e. The number of unbranched alkanes of at least 4 members (excludes halogenated alkanes) is 7. The Morgan fingerprint density at radius 3 is 1.86 bits per heavy atom. The van der Waals surface area contributed by atoms with E-state index in [1.165, 1.54) is 39.0 Å². The minimum absolute atomic E-state index is 0.109. The molecule has 0 heterocycles. The fourth-order valence-electron chi connectivity index (χ4n) is 2.32. The van der Waals surface area contributed by atoms with Crippen LogP contribution in [0, 0.1) is 0 Å². The predicted molar refractivity (Wildman–Crippen MR) is 85.3 cm³/mol. The van der Waals surface area contributed by atoms with Crippen molar-refractivity contribution in [3.05, 3.63) is 11.1 Å². The van der Waals surface area contributed by atoms with Gasteiger partial charge in [0.2, 0.25) is 0 Å². The van der Waals surface area contributed by atoms with Crippen molar-refractivity contribution >= 4 is 5.97 Å². The molecule has 21 heavy (non-hydrogen) atoms. The predicted octanol–water partition coefficient (Wildman–Crippen LogP) is 3.66. The molecule has 0 aliphatic heterocycles. The molecule has 0 saturated heterocycles. The van der Waals surface area contributed by atoms with Gasteiger partial charge in [-0.05, 0) is 25.8 Å². The number of rotatable bonds is 12. The highest BCUT2D eigenvalue weighted by atomic mass is 16.4. The van der Waals surface area contributed by atoms with E-state index in [-0.39, 0.29) is 5.57 Å². The number of carbonyl (C=O) groups is 1. The first-order chi connectivity index (χ1) is 9.91. The van der Waals surface area contributed by atoms with Crippen molar-refractivity contribution in [3.63, 3.8) is 0 Å². The lowest BCUT2D eigenvalue weighted by Gasteiger charge is -2.19. The van der Waals surface area contributed by atoms with E-state index in [1.54, 1.807) is 6.92 Å². The van der Waals surface area contributed by atoms with Crippen LogP contribution >= 0.6 is 0 Å². The fourth-order valence-corrected chi connectivity index (χ4v) is 2.32. The Morgan fingerprint density at radius 2 is 1.38 bits per heavy atom. The highest BCUT2D eigenvalue weighted by molar-refractivity contribution is 5.86. The number of aliphatic hydroxyl groups is 2. The summed E-state index contributed by atoms with van der Waals surface area (Å²) >= 11 is 0. The van der Waals surface area contributed by atoms with E-state index in [9.17, 15) is 15.0 Å². The van der Waals surface area contributed by atoms with E-state index < -0.39 is 18.2 Å². The van der Waals surface area contributed by atoms with Crippen molar-refractivity contribution in [1.29, 1.82) is 0 Å². The molecule has 0 fully saturated rings. The lowest BCUT2D eigenvalue weighted by atomic mass is 9.97. The van der Waals surface area contributed by atoms with Gasteiger partial charge in [-0.1, -0.05) is 58.3 Å². The van der Waals surface area contributed by atoms with Crippen molar-refractivity contribution in [2.45, 2.75) is 90.8 Å². The molecule has 3 N–H and O–H groups in total. The molecule has 0 rings (SSSR count). The molecular weight excluding hydrogens is 268 g/mol. The zero-order valence-electron chi connectivity index (χ0n) is 13.8. The van der Waals surface area contributed by atoms with Gasteiger partial charge in [0.25, 0.3) is 0 Å². The van der Waals surface area contributed by atoms with Crippen molar-refractivity contribution in [1.82, 2.24) is 0 Å². The summed E-state index contributed by atoms with van der Waals surface area (Å²) in [6.07, 6.45) is 8.01. The molecule has 0 aliphatic carbocycles. The lowest BCUT2D eigenvalue weighted by Crippen LogP contribution is -2.28. The zero-order valence-corrected chi connectivity index (χ0v) is 13.8. The number of hydrogen-bond donors (Lipinski definition) is 3. The maximum absolute atomic E-state index is 10.8. The second-order valence-electron chi connectivity index (χ2n) is 5.89. The van der Waals surface area contributed by atoms with Gasteiger partial charge in [-0.3, -0.25) is 0 Å². The molecule has 2 unspecified atom stereocenters. The van der Waals surface area contributed by atoms with E-state index in [0.29, 0.717) is 12.0 Å². The van der Waals surface area contributed by atoms with E-state index in [0.717, 1.165) is 19.3 Å². The molecule has 0 bridgehead atoms. The molecule has 0 spiro atoms. The summed E-state index contributed by atoms with van der Waals surface area (Å²) in [5, 5.41) is 28.7. The Bertz CT molecular complexity index is 323.